The number of carbonyl (C=O) groups excluding carboxylic acids is 1. The summed E-state index contributed by atoms with van der Waals surface area (Å²) in [5, 5.41) is 15.4. The summed E-state index contributed by atoms with van der Waals surface area (Å²) in [7, 11) is 0. The molecule has 0 bridgehead atoms. The van der Waals surface area contributed by atoms with E-state index in [4.69, 9.17) is 0 Å². The lowest BCUT2D eigenvalue weighted by Crippen LogP contribution is -2.44. The van der Waals surface area contributed by atoms with E-state index in [1.54, 1.807) is 12.3 Å². The molecule has 122 valence electrons. The molecule has 0 spiro atoms. The van der Waals surface area contributed by atoms with Crippen LogP contribution < -0.4 is 10.2 Å². The minimum atomic E-state index is -1.03. The number of benzene rings is 1. The molecule has 1 aromatic heterocycles. The Morgan fingerprint density at radius 1 is 1.43 bits per heavy atom. The lowest BCUT2D eigenvalue weighted by atomic mass is 9.79. The molecule has 0 radical (unpaired) electrons. The van der Waals surface area contributed by atoms with E-state index < -0.39 is 5.60 Å². The van der Waals surface area contributed by atoms with E-state index >= 15 is 0 Å². The average molecular weight is 332 g/mol. The first-order chi connectivity index (χ1) is 11.0. The minimum Gasteiger partial charge on any atom is -0.383 e. The number of carbonyl (C=O) groups is 1. The molecule has 2 N–H and O–H groups in total. The topological polar surface area (TPSA) is 71.3 Å². The Morgan fingerprint density at radius 2 is 2.22 bits per heavy atom. The number of hydrogen-bond donors (Lipinski definition) is 2. The number of amides is 1. The van der Waals surface area contributed by atoms with Crippen molar-refractivity contribution in [2.24, 2.45) is 0 Å². The highest BCUT2D eigenvalue weighted by Gasteiger charge is 2.34. The molecule has 23 heavy (non-hydrogen) atoms. The van der Waals surface area contributed by atoms with E-state index in [0.29, 0.717) is 6.42 Å². The predicted molar refractivity (Wildman–Crippen MR) is 89.6 cm³/mol. The second kappa shape index (κ2) is 6.29. The summed E-state index contributed by atoms with van der Waals surface area (Å²) in [6, 6.07) is 7.82. The predicted octanol–water partition coefficient (Wildman–Crippen LogP) is 1.56. The zero-order valence-electron chi connectivity index (χ0n) is 13.0. The molecule has 3 rings (SSSR count). The average Bonchev–Trinajstić information content (AvgIpc) is 2.86. The van der Waals surface area contributed by atoms with Gasteiger partial charge >= 0.3 is 4.87 Å². The fourth-order valence-corrected chi connectivity index (χ4v) is 3.86. The number of nitrogens with zero attached hydrogens (tertiary/aromatic N) is 1. The maximum atomic E-state index is 12.1. The van der Waals surface area contributed by atoms with Crippen molar-refractivity contribution in [3.63, 3.8) is 0 Å². The smallest absolute Gasteiger partial charge is 0.307 e. The number of nitrogens with one attached hydrogen (secondary N) is 1. The third-order valence-electron chi connectivity index (χ3n) is 4.41. The number of aliphatic hydroxyl groups is 1. The van der Waals surface area contributed by atoms with Crippen LogP contribution in [0.4, 0.5) is 0 Å². The SMILES string of the molecule is Cc1csc(=O)n1CC(=O)NCC1(O)CCCc2ccccc21. The number of aryl methyl sites for hydroxylation is 2. The minimum absolute atomic E-state index is 0.00804. The van der Waals surface area contributed by atoms with Crippen LogP contribution >= 0.6 is 11.3 Å². The third kappa shape index (κ3) is 3.23. The van der Waals surface area contributed by atoms with E-state index in [0.717, 1.165) is 41.0 Å². The summed E-state index contributed by atoms with van der Waals surface area (Å²) >= 11 is 1.09. The van der Waals surface area contributed by atoms with Gasteiger partial charge in [-0.15, -0.1) is 0 Å². The third-order valence-corrected chi connectivity index (χ3v) is 5.29. The van der Waals surface area contributed by atoms with Gasteiger partial charge in [-0.1, -0.05) is 35.6 Å². The summed E-state index contributed by atoms with van der Waals surface area (Å²) in [6.45, 7) is 1.96. The number of hydrogen-bond acceptors (Lipinski definition) is 4. The fourth-order valence-electron chi connectivity index (χ4n) is 3.12. The Morgan fingerprint density at radius 3 is 2.96 bits per heavy atom. The van der Waals surface area contributed by atoms with Gasteiger partial charge in [0.2, 0.25) is 5.91 Å². The second-order valence-electron chi connectivity index (χ2n) is 6.05. The van der Waals surface area contributed by atoms with Gasteiger partial charge in [-0.25, -0.2) is 0 Å². The van der Waals surface area contributed by atoms with Crippen LogP contribution in [0.3, 0.4) is 0 Å². The van der Waals surface area contributed by atoms with Gasteiger partial charge in [-0.2, -0.15) is 0 Å². The Balaban J connectivity index is 1.69. The number of thiazole rings is 1. The van der Waals surface area contributed by atoms with Crippen molar-refractivity contribution >= 4 is 17.2 Å². The molecule has 1 unspecified atom stereocenters. The molecule has 1 atom stereocenters. The molecule has 1 amide bonds. The molecule has 1 aliphatic carbocycles. The molecule has 0 saturated heterocycles. The Bertz CT molecular complexity index is 780. The van der Waals surface area contributed by atoms with Crippen LogP contribution in [0.15, 0.2) is 34.4 Å². The zero-order valence-corrected chi connectivity index (χ0v) is 13.9. The molecule has 1 heterocycles. The first-order valence-electron chi connectivity index (χ1n) is 7.72. The Kier molecular flexibility index (Phi) is 4.37. The molecule has 5 nitrogen and oxygen atoms in total. The molecule has 0 aliphatic heterocycles. The van der Waals surface area contributed by atoms with Crippen LogP contribution in [0, 0.1) is 6.92 Å². The van der Waals surface area contributed by atoms with E-state index in [2.05, 4.69) is 5.32 Å². The van der Waals surface area contributed by atoms with Gasteiger partial charge in [0.05, 0.1) is 6.54 Å². The lowest BCUT2D eigenvalue weighted by Gasteiger charge is -2.34. The molecule has 0 saturated carbocycles. The molecule has 1 aliphatic rings. The highest BCUT2D eigenvalue weighted by molar-refractivity contribution is 7.07. The van der Waals surface area contributed by atoms with E-state index in [1.807, 2.05) is 24.3 Å². The normalized spacial score (nSPS) is 20.1. The van der Waals surface area contributed by atoms with Crippen LogP contribution in [0.5, 0.6) is 0 Å². The highest BCUT2D eigenvalue weighted by atomic mass is 32.1. The van der Waals surface area contributed by atoms with Gasteiger partial charge in [-0.05, 0) is 37.3 Å². The van der Waals surface area contributed by atoms with Crippen molar-refractivity contribution in [2.45, 2.75) is 38.3 Å². The molecule has 6 heteroatoms. The molecule has 1 aromatic carbocycles. The van der Waals surface area contributed by atoms with E-state index in [-0.39, 0.29) is 23.9 Å². The summed E-state index contributed by atoms with van der Waals surface area (Å²) in [6.07, 6.45) is 2.48. The Hall–Kier alpha value is -1.92. The lowest BCUT2D eigenvalue weighted by molar-refractivity contribution is -0.123. The van der Waals surface area contributed by atoms with Gasteiger partial charge in [0, 0.05) is 11.1 Å². The van der Waals surface area contributed by atoms with Crippen LogP contribution in [0.25, 0.3) is 0 Å². The van der Waals surface area contributed by atoms with Crippen molar-refractivity contribution in [1.82, 2.24) is 9.88 Å². The number of fused-ring (bicyclic) bond motifs is 1. The van der Waals surface area contributed by atoms with Gasteiger partial charge < -0.3 is 10.4 Å². The van der Waals surface area contributed by atoms with E-state index in [1.165, 1.54) is 4.57 Å². The summed E-state index contributed by atoms with van der Waals surface area (Å²) < 4.78 is 1.44. The maximum Gasteiger partial charge on any atom is 0.307 e. The fraction of sp³-hybridized carbons (Fsp3) is 0.412. The van der Waals surface area contributed by atoms with Gasteiger partial charge in [0.15, 0.2) is 0 Å². The molecule has 2 aromatic rings. The molecular weight excluding hydrogens is 312 g/mol. The number of aromatic nitrogens is 1. The molecular formula is C17H20N2O3S. The second-order valence-corrected chi connectivity index (χ2v) is 6.87. The monoisotopic (exact) mass is 332 g/mol. The first kappa shape index (κ1) is 16.0. The maximum absolute atomic E-state index is 12.1. The van der Waals surface area contributed by atoms with E-state index in [9.17, 15) is 14.7 Å². The van der Waals surface area contributed by atoms with Crippen LogP contribution in [-0.4, -0.2) is 22.1 Å². The van der Waals surface area contributed by atoms with Gasteiger partial charge in [0.1, 0.15) is 12.1 Å². The van der Waals surface area contributed by atoms with Gasteiger partial charge in [0.25, 0.3) is 0 Å². The van der Waals surface area contributed by atoms with Crippen LogP contribution in [0.1, 0.15) is 29.7 Å². The van der Waals surface area contributed by atoms with Crippen molar-refractivity contribution < 1.29 is 9.90 Å². The number of rotatable bonds is 4. The van der Waals surface area contributed by atoms with Crippen molar-refractivity contribution in [1.29, 1.82) is 0 Å². The summed E-state index contributed by atoms with van der Waals surface area (Å²) in [4.78, 5) is 23.7. The van der Waals surface area contributed by atoms with Gasteiger partial charge in [-0.3, -0.25) is 14.2 Å². The summed E-state index contributed by atoms with van der Waals surface area (Å²) in [5.41, 5.74) is 1.78. The largest absolute Gasteiger partial charge is 0.383 e. The molecule has 0 fully saturated rings. The van der Waals surface area contributed by atoms with Crippen molar-refractivity contribution in [2.75, 3.05) is 6.54 Å². The van der Waals surface area contributed by atoms with Crippen molar-refractivity contribution in [3.8, 4) is 0 Å². The standard InChI is InChI=1S/C17H20N2O3S/c1-12-10-23-16(21)19(12)9-15(20)18-11-17(22)8-4-6-13-5-2-3-7-14(13)17/h2-3,5,7,10,22H,4,6,8-9,11H2,1H3,(H,18,20). The zero-order chi connectivity index (χ0) is 16.4. The van der Waals surface area contributed by atoms with Crippen LogP contribution in [-0.2, 0) is 23.4 Å². The van der Waals surface area contributed by atoms with Crippen LogP contribution in [0.2, 0.25) is 0 Å². The summed E-state index contributed by atoms with van der Waals surface area (Å²) in [5.74, 6) is -0.259. The van der Waals surface area contributed by atoms with Crippen molar-refractivity contribution in [3.05, 3.63) is 56.1 Å². The Labute approximate surface area is 138 Å². The highest BCUT2D eigenvalue weighted by Crippen LogP contribution is 2.34. The quantitative estimate of drug-likeness (QED) is 0.892. The first-order valence-corrected chi connectivity index (χ1v) is 8.60.